The zero-order valence-electron chi connectivity index (χ0n) is 8.11. The summed E-state index contributed by atoms with van der Waals surface area (Å²) in [6.07, 6.45) is 1.71. The number of Topliss-reactive ketones (excluding diaryl/α,β-unsaturated/α-hetero) is 1. The molecular formula is C11H7ClFNOS. The van der Waals surface area contributed by atoms with Gasteiger partial charge in [-0.3, -0.25) is 4.79 Å². The molecule has 0 amide bonds. The average Bonchev–Trinajstić information content (AvgIpc) is 2.65. The number of hydrogen-bond acceptors (Lipinski definition) is 3. The number of aromatic nitrogens is 1. The van der Waals surface area contributed by atoms with Gasteiger partial charge in [0.25, 0.3) is 0 Å². The number of rotatable bonds is 3. The third-order valence-electron chi connectivity index (χ3n) is 2.00. The second-order valence-corrected chi connectivity index (χ2v) is 4.91. The minimum absolute atomic E-state index is 0.0917. The molecule has 0 N–H and O–H groups in total. The fourth-order valence-electron chi connectivity index (χ4n) is 1.24. The second kappa shape index (κ2) is 4.72. The number of halogens is 2. The number of benzene rings is 1. The zero-order valence-corrected chi connectivity index (χ0v) is 9.69. The van der Waals surface area contributed by atoms with Gasteiger partial charge < -0.3 is 0 Å². The van der Waals surface area contributed by atoms with E-state index < -0.39 is 0 Å². The molecule has 1 aromatic carbocycles. The lowest BCUT2D eigenvalue weighted by atomic mass is 10.1. The molecule has 0 saturated heterocycles. The molecule has 1 aromatic heterocycles. The largest absolute Gasteiger partial charge is 0.294 e. The van der Waals surface area contributed by atoms with Crippen molar-refractivity contribution < 1.29 is 9.18 Å². The van der Waals surface area contributed by atoms with Crippen LogP contribution in [-0.4, -0.2) is 10.8 Å². The summed E-state index contributed by atoms with van der Waals surface area (Å²) in [5, 5.41) is 0.666. The molecular weight excluding hydrogens is 249 g/mol. The fourth-order valence-corrected chi connectivity index (χ4v) is 2.20. The molecule has 0 bridgehead atoms. The number of carbonyl (C=O) groups excluding carboxylic acids is 1. The van der Waals surface area contributed by atoms with Crippen LogP contribution in [0.15, 0.2) is 30.5 Å². The molecule has 0 aliphatic carbocycles. The summed E-state index contributed by atoms with van der Waals surface area (Å²) in [7, 11) is 0. The first-order valence-corrected chi connectivity index (χ1v) is 5.73. The van der Waals surface area contributed by atoms with Gasteiger partial charge in [-0.15, -0.1) is 11.3 Å². The Balaban J connectivity index is 2.11. The third kappa shape index (κ3) is 2.65. The van der Waals surface area contributed by atoms with Crippen LogP contribution < -0.4 is 0 Å². The summed E-state index contributed by atoms with van der Waals surface area (Å²) < 4.78 is 13.2. The van der Waals surface area contributed by atoms with Crippen LogP contribution in [0.4, 0.5) is 4.39 Å². The molecule has 0 aliphatic rings. The number of thiazole rings is 1. The van der Waals surface area contributed by atoms with E-state index in [1.165, 1.54) is 41.8 Å². The van der Waals surface area contributed by atoms with Gasteiger partial charge in [0.05, 0.1) is 12.6 Å². The van der Waals surface area contributed by atoms with Gasteiger partial charge in [0.2, 0.25) is 0 Å². The van der Waals surface area contributed by atoms with Crippen LogP contribution in [-0.2, 0) is 6.42 Å². The van der Waals surface area contributed by atoms with Gasteiger partial charge in [-0.05, 0) is 24.3 Å². The highest BCUT2D eigenvalue weighted by Gasteiger charge is 2.09. The van der Waals surface area contributed by atoms with E-state index in [0.29, 0.717) is 14.9 Å². The Hall–Kier alpha value is -1.26. The van der Waals surface area contributed by atoms with Crippen molar-refractivity contribution >= 4 is 28.7 Å². The molecule has 5 heteroatoms. The van der Waals surface area contributed by atoms with Crippen LogP contribution in [0.1, 0.15) is 15.4 Å². The Morgan fingerprint density at radius 2 is 2.06 bits per heavy atom. The summed E-state index contributed by atoms with van der Waals surface area (Å²) in [6, 6.07) is 5.46. The van der Waals surface area contributed by atoms with E-state index in [2.05, 4.69) is 4.98 Å². The second-order valence-electron chi connectivity index (χ2n) is 3.16. The molecule has 0 radical (unpaired) electrons. The number of hydrogen-bond donors (Lipinski definition) is 0. The lowest BCUT2D eigenvalue weighted by Crippen LogP contribution is -2.02. The van der Waals surface area contributed by atoms with Gasteiger partial charge in [0, 0.05) is 5.56 Å². The van der Waals surface area contributed by atoms with Crippen LogP contribution >= 0.6 is 22.9 Å². The molecule has 82 valence electrons. The van der Waals surface area contributed by atoms with Crippen molar-refractivity contribution in [3.63, 3.8) is 0 Å². The maximum Gasteiger partial charge on any atom is 0.169 e. The van der Waals surface area contributed by atoms with Gasteiger partial charge in [0.15, 0.2) is 5.78 Å². The Morgan fingerprint density at radius 1 is 1.38 bits per heavy atom. The van der Waals surface area contributed by atoms with Crippen molar-refractivity contribution in [3.8, 4) is 0 Å². The highest BCUT2D eigenvalue weighted by atomic mass is 35.5. The molecule has 0 saturated carbocycles. The highest BCUT2D eigenvalue weighted by molar-refractivity contribution is 7.15. The third-order valence-corrected chi connectivity index (χ3v) is 3.12. The first-order chi connectivity index (χ1) is 7.65. The summed E-state index contributed by atoms with van der Waals surface area (Å²) >= 11 is 6.98. The monoisotopic (exact) mass is 255 g/mol. The molecule has 0 aliphatic heterocycles. The Labute approximate surface area is 101 Å². The SMILES string of the molecule is O=C(Cc1ncc(Cl)s1)c1ccc(F)cc1. The quantitative estimate of drug-likeness (QED) is 0.787. The first-order valence-electron chi connectivity index (χ1n) is 4.54. The van der Waals surface area contributed by atoms with Crippen molar-refractivity contribution in [2.45, 2.75) is 6.42 Å². The normalized spacial score (nSPS) is 10.4. The zero-order chi connectivity index (χ0) is 11.5. The fraction of sp³-hybridized carbons (Fsp3) is 0.0909. The lowest BCUT2D eigenvalue weighted by Gasteiger charge is -1.97. The molecule has 2 aromatic rings. The van der Waals surface area contributed by atoms with E-state index in [9.17, 15) is 9.18 Å². The summed E-state index contributed by atoms with van der Waals surface area (Å²) in [5.41, 5.74) is 0.479. The van der Waals surface area contributed by atoms with E-state index >= 15 is 0 Å². The van der Waals surface area contributed by atoms with E-state index in [1.54, 1.807) is 0 Å². The maximum absolute atomic E-state index is 12.6. The van der Waals surface area contributed by atoms with Crippen LogP contribution in [0, 0.1) is 5.82 Å². The van der Waals surface area contributed by atoms with Crippen molar-refractivity contribution in [2.24, 2.45) is 0 Å². The standard InChI is InChI=1S/C11H7ClFNOS/c12-10-6-14-11(16-10)5-9(15)7-1-3-8(13)4-2-7/h1-4,6H,5H2. The Bertz CT molecular complexity index is 509. The first kappa shape index (κ1) is 11.2. The molecule has 2 nitrogen and oxygen atoms in total. The Morgan fingerprint density at radius 3 is 2.62 bits per heavy atom. The molecule has 0 unspecified atom stereocenters. The minimum atomic E-state index is -0.353. The topological polar surface area (TPSA) is 30.0 Å². The predicted octanol–water partition coefficient (Wildman–Crippen LogP) is 3.36. The maximum atomic E-state index is 12.6. The minimum Gasteiger partial charge on any atom is -0.294 e. The van der Waals surface area contributed by atoms with Crippen LogP contribution in [0.25, 0.3) is 0 Å². The lowest BCUT2D eigenvalue weighted by molar-refractivity contribution is 0.0993. The summed E-state index contributed by atoms with van der Waals surface area (Å²) in [5.74, 6) is -0.445. The molecule has 0 fully saturated rings. The average molecular weight is 256 g/mol. The van der Waals surface area contributed by atoms with Gasteiger partial charge in [-0.25, -0.2) is 9.37 Å². The van der Waals surface area contributed by atoms with E-state index in [0.717, 1.165) is 0 Å². The van der Waals surface area contributed by atoms with Crippen LogP contribution in [0.3, 0.4) is 0 Å². The van der Waals surface area contributed by atoms with Crippen LogP contribution in [0.2, 0.25) is 4.34 Å². The number of ketones is 1. The smallest absolute Gasteiger partial charge is 0.169 e. The van der Waals surface area contributed by atoms with Crippen LogP contribution in [0.5, 0.6) is 0 Å². The van der Waals surface area contributed by atoms with Crippen molar-refractivity contribution in [1.29, 1.82) is 0 Å². The molecule has 16 heavy (non-hydrogen) atoms. The predicted molar refractivity (Wildman–Crippen MR) is 61.6 cm³/mol. The molecule has 1 heterocycles. The van der Waals surface area contributed by atoms with Gasteiger partial charge in [-0.2, -0.15) is 0 Å². The Kier molecular flexibility index (Phi) is 3.31. The molecule has 2 rings (SSSR count). The van der Waals surface area contributed by atoms with Crippen molar-refractivity contribution in [1.82, 2.24) is 4.98 Å². The van der Waals surface area contributed by atoms with E-state index in [4.69, 9.17) is 11.6 Å². The summed E-state index contributed by atoms with van der Waals surface area (Å²) in [4.78, 5) is 15.7. The highest BCUT2D eigenvalue weighted by Crippen LogP contribution is 2.19. The van der Waals surface area contributed by atoms with E-state index in [1.807, 2.05) is 0 Å². The number of carbonyl (C=O) groups is 1. The molecule has 0 atom stereocenters. The van der Waals surface area contributed by atoms with Gasteiger partial charge >= 0.3 is 0 Å². The van der Waals surface area contributed by atoms with Crippen molar-refractivity contribution in [3.05, 3.63) is 51.2 Å². The molecule has 0 spiro atoms. The van der Waals surface area contributed by atoms with Crippen molar-refractivity contribution in [2.75, 3.05) is 0 Å². The summed E-state index contributed by atoms with van der Waals surface area (Å²) in [6.45, 7) is 0. The van der Waals surface area contributed by atoms with Gasteiger partial charge in [0.1, 0.15) is 15.2 Å². The number of nitrogens with zero attached hydrogens (tertiary/aromatic N) is 1. The van der Waals surface area contributed by atoms with Gasteiger partial charge in [-0.1, -0.05) is 11.6 Å². The van der Waals surface area contributed by atoms with E-state index in [-0.39, 0.29) is 18.0 Å².